The molecule has 0 saturated heterocycles. The molecular formula is C14H21N5O. The van der Waals surface area contributed by atoms with Crippen LogP contribution in [-0.2, 0) is 6.54 Å². The topological polar surface area (TPSA) is 78.0 Å². The summed E-state index contributed by atoms with van der Waals surface area (Å²) in [4.78, 5) is 4.16. The minimum atomic E-state index is 0.434. The molecule has 108 valence electrons. The monoisotopic (exact) mass is 275 g/mol. The number of para-hydroxylation sites is 1. The fraction of sp³-hybridized carbons (Fsp3) is 0.429. The van der Waals surface area contributed by atoms with Crippen LogP contribution >= 0.6 is 0 Å². The zero-order valence-corrected chi connectivity index (χ0v) is 11.7. The van der Waals surface area contributed by atoms with Crippen LogP contribution in [0.5, 0.6) is 5.75 Å². The van der Waals surface area contributed by atoms with E-state index in [-0.39, 0.29) is 0 Å². The van der Waals surface area contributed by atoms with E-state index in [1.165, 1.54) is 0 Å². The van der Waals surface area contributed by atoms with Gasteiger partial charge >= 0.3 is 0 Å². The number of anilines is 2. The summed E-state index contributed by atoms with van der Waals surface area (Å²) in [5.41, 5.74) is 5.81. The zero-order chi connectivity index (χ0) is 14.2. The van der Waals surface area contributed by atoms with Gasteiger partial charge in [0.2, 0.25) is 11.9 Å². The highest BCUT2D eigenvalue weighted by Gasteiger charge is 2.05. The average molecular weight is 275 g/mol. The number of nitrogens with zero attached hydrogens (tertiary/aromatic N) is 3. The van der Waals surface area contributed by atoms with Gasteiger partial charge in [0.05, 0.1) is 6.61 Å². The van der Waals surface area contributed by atoms with Crippen LogP contribution in [0.3, 0.4) is 0 Å². The van der Waals surface area contributed by atoms with E-state index in [4.69, 9.17) is 10.5 Å². The van der Waals surface area contributed by atoms with Crippen molar-refractivity contribution in [2.45, 2.75) is 26.3 Å². The molecule has 2 aromatic rings. The smallest absolute Gasteiger partial charge is 0.243 e. The fourth-order valence-corrected chi connectivity index (χ4v) is 1.75. The third kappa shape index (κ3) is 4.15. The predicted molar refractivity (Wildman–Crippen MR) is 79.8 cm³/mol. The number of ether oxygens (including phenoxy) is 1. The van der Waals surface area contributed by atoms with E-state index in [0.29, 0.717) is 25.0 Å². The van der Waals surface area contributed by atoms with Gasteiger partial charge in [-0.25, -0.2) is 4.68 Å². The minimum absolute atomic E-state index is 0.434. The van der Waals surface area contributed by atoms with E-state index in [1.807, 2.05) is 30.3 Å². The van der Waals surface area contributed by atoms with Gasteiger partial charge in [0.1, 0.15) is 5.75 Å². The third-order valence-corrected chi connectivity index (χ3v) is 2.76. The SMILES string of the molecule is CCCNc1nc(N)n(CCCOc2ccccc2)n1. The molecule has 0 bridgehead atoms. The number of aryl methyl sites for hydroxylation is 1. The van der Waals surface area contributed by atoms with Crippen molar-refractivity contribution in [3.05, 3.63) is 30.3 Å². The Morgan fingerprint density at radius 3 is 2.85 bits per heavy atom. The van der Waals surface area contributed by atoms with E-state index in [0.717, 1.165) is 25.1 Å². The lowest BCUT2D eigenvalue weighted by Gasteiger charge is -2.06. The maximum atomic E-state index is 5.81. The van der Waals surface area contributed by atoms with Gasteiger partial charge in [0.15, 0.2) is 0 Å². The second kappa shape index (κ2) is 7.37. The Bertz CT molecular complexity index is 512. The number of hydrogen-bond acceptors (Lipinski definition) is 5. The van der Waals surface area contributed by atoms with Crippen LogP contribution < -0.4 is 15.8 Å². The van der Waals surface area contributed by atoms with Crippen molar-refractivity contribution in [2.75, 3.05) is 24.2 Å². The van der Waals surface area contributed by atoms with E-state index in [1.54, 1.807) is 4.68 Å². The Balaban J connectivity index is 1.75. The molecule has 0 fully saturated rings. The number of rotatable bonds is 8. The summed E-state index contributed by atoms with van der Waals surface area (Å²) in [6, 6.07) is 9.76. The van der Waals surface area contributed by atoms with Gasteiger partial charge in [-0.1, -0.05) is 25.1 Å². The van der Waals surface area contributed by atoms with Gasteiger partial charge in [-0.05, 0) is 18.6 Å². The molecule has 0 aliphatic rings. The first-order valence-corrected chi connectivity index (χ1v) is 6.91. The lowest BCUT2D eigenvalue weighted by Crippen LogP contribution is -2.09. The molecule has 0 aliphatic carbocycles. The third-order valence-electron chi connectivity index (χ3n) is 2.76. The average Bonchev–Trinajstić information content (AvgIpc) is 2.83. The van der Waals surface area contributed by atoms with Crippen molar-refractivity contribution in [2.24, 2.45) is 0 Å². The molecule has 1 heterocycles. The maximum absolute atomic E-state index is 5.81. The summed E-state index contributed by atoms with van der Waals surface area (Å²) in [5.74, 6) is 1.90. The number of nitrogens with two attached hydrogens (primary N) is 1. The Hall–Kier alpha value is -2.24. The summed E-state index contributed by atoms with van der Waals surface area (Å²) in [7, 11) is 0. The molecule has 0 spiro atoms. The summed E-state index contributed by atoms with van der Waals surface area (Å²) in [5, 5.41) is 7.42. The minimum Gasteiger partial charge on any atom is -0.494 e. The van der Waals surface area contributed by atoms with E-state index in [2.05, 4.69) is 22.3 Å². The van der Waals surface area contributed by atoms with Crippen molar-refractivity contribution in [1.29, 1.82) is 0 Å². The Kier molecular flexibility index (Phi) is 5.23. The van der Waals surface area contributed by atoms with Crippen molar-refractivity contribution in [1.82, 2.24) is 14.8 Å². The normalized spacial score (nSPS) is 10.4. The molecule has 0 saturated carbocycles. The first-order valence-electron chi connectivity index (χ1n) is 6.91. The largest absolute Gasteiger partial charge is 0.494 e. The molecule has 3 N–H and O–H groups in total. The molecule has 6 heteroatoms. The Morgan fingerprint density at radius 1 is 1.30 bits per heavy atom. The fourth-order valence-electron chi connectivity index (χ4n) is 1.75. The number of benzene rings is 1. The summed E-state index contributed by atoms with van der Waals surface area (Å²) in [6.45, 7) is 4.26. The van der Waals surface area contributed by atoms with Crippen LogP contribution in [0.15, 0.2) is 30.3 Å². The molecule has 0 aliphatic heterocycles. The van der Waals surface area contributed by atoms with Gasteiger partial charge in [-0.3, -0.25) is 0 Å². The summed E-state index contributed by atoms with van der Waals surface area (Å²) in [6.07, 6.45) is 1.86. The van der Waals surface area contributed by atoms with Crippen molar-refractivity contribution >= 4 is 11.9 Å². The number of nitrogens with one attached hydrogen (secondary N) is 1. The standard InChI is InChI=1S/C14H21N5O/c1-2-9-16-14-17-13(15)19(18-14)10-6-11-20-12-7-4-3-5-8-12/h3-5,7-8H,2,6,9-11H2,1H3,(H3,15,16,17,18). The van der Waals surface area contributed by atoms with Gasteiger partial charge in [0.25, 0.3) is 0 Å². The Morgan fingerprint density at radius 2 is 2.10 bits per heavy atom. The molecule has 0 unspecified atom stereocenters. The second-order valence-electron chi connectivity index (χ2n) is 4.46. The van der Waals surface area contributed by atoms with Crippen LogP contribution in [-0.4, -0.2) is 27.9 Å². The van der Waals surface area contributed by atoms with Crippen LogP contribution in [0.1, 0.15) is 19.8 Å². The quantitative estimate of drug-likeness (QED) is 0.722. The van der Waals surface area contributed by atoms with E-state index in [9.17, 15) is 0 Å². The van der Waals surface area contributed by atoms with Crippen LogP contribution in [0, 0.1) is 0 Å². The van der Waals surface area contributed by atoms with Gasteiger partial charge in [-0.15, -0.1) is 5.10 Å². The molecule has 6 nitrogen and oxygen atoms in total. The number of hydrogen-bond donors (Lipinski definition) is 2. The van der Waals surface area contributed by atoms with Gasteiger partial charge < -0.3 is 15.8 Å². The predicted octanol–water partition coefficient (Wildman–Crippen LogP) is 2.15. The second-order valence-corrected chi connectivity index (χ2v) is 4.46. The van der Waals surface area contributed by atoms with Crippen molar-refractivity contribution < 1.29 is 4.74 Å². The number of aromatic nitrogens is 3. The lowest BCUT2D eigenvalue weighted by molar-refractivity contribution is 0.299. The highest BCUT2D eigenvalue weighted by molar-refractivity contribution is 5.31. The molecule has 0 radical (unpaired) electrons. The molecule has 0 amide bonds. The highest BCUT2D eigenvalue weighted by atomic mass is 16.5. The highest BCUT2D eigenvalue weighted by Crippen LogP contribution is 2.10. The first-order chi connectivity index (χ1) is 9.79. The van der Waals surface area contributed by atoms with Crippen molar-refractivity contribution in [3.8, 4) is 5.75 Å². The maximum Gasteiger partial charge on any atom is 0.243 e. The molecule has 2 rings (SSSR count). The Labute approximate surface area is 119 Å². The molecule has 1 aromatic heterocycles. The van der Waals surface area contributed by atoms with Crippen LogP contribution in [0.25, 0.3) is 0 Å². The van der Waals surface area contributed by atoms with E-state index >= 15 is 0 Å². The zero-order valence-electron chi connectivity index (χ0n) is 11.7. The molecule has 0 atom stereocenters. The first kappa shape index (κ1) is 14.2. The summed E-state index contributed by atoms with van der Waals surface area (Å²) >= 11 is 0. The lowest BCUT2D eigenvalue weighted by atomic mass is 10.3. The molecule has 20 heavy (non-hydrogen) atoms. The molecular weight excluding hydrogens is 254 g/mol. The van der Waals surface area contributed by atoms with Crippen molar-refractivity contribution in [3.63, 3.8) is 0 Å². The van der Waals surface area contributed by atoms with Crippen LogP contribution in [0.4, 0.5) is 11.9 Å². The van der Waals surface area contributed by atoms with Gasteiger partial charge in [0, 0.05) is 19.5 Å². The molecule has 1 aromatic carbocycles. The van der Waals surface area contributed by atoms with Gasteiger partial charge in [-0.2, -0.15) is 4.98 Å². The summed E-state index contributed by atoms with van der Waals surface area (Å²) < 4.78 is 7.32. The number of nitrogen functional groups attached to an aromatic ring is 1. The van der Waals surface area contributed by atoms with Crippen LogP contribution in [0.2, 0.25) is 0 Å². The van der Waals surface area contributed by atoms with E-state index < -0.39 is 0 Å².